The lowest BCUT2D eigenvalue weighted by Crippen LogP contribution is -1.84. The van der Waals surface area contributed by atoms with Crippen LogP contribution in [0.2, 0.25) is 0 Å². The van der Waals surface area contributed by atoms with Gasteiger partial charge in [-0.25, -0.2) is 0 Å². The molecular weight excluding hydrogens is 140 g/mol. The molecule has 0 unspecified atom stereocenters. The van der Waals surface area contributed by atoms with Crippen molar-refractivity contribution in [3.63, 3.8) is 0 Å². The highest BCUT2D eigenvalue weighted by Crippen LogP contribution is 2.21. The topological polar surface area (TPSA) is 38.0 Å². The number of phenols is 1. The molecule has 56 valence electrons. The van der Waals surface area contributed by atoms with Gasteiger partial charge in [-0.15, -0.1) is 0 Å². The third kappa shape index (κ3) is 0.852. The van der Waals surface area contributed by atoms with E-state index in [-0.39, 0.29) is 5.75 Å². The molecule has 2 rings (SSSR count). The molecule has 0 aliphatic carbocycles. The van der Waals surface area contributed by atoms with Crippen molar-refractivity contribution in [1.82, 2.24) is 9.78 Å². The van der Waals surface area contributed by atoms with Crippen molar-refractivity contribution in [1.29, 1.82) is 0 Å². The molecule has 1 aromatic heterocycles. The molecule has 0 aliphatic rings. The summed E-state index contributed by atoms with van der Waals surface area (Å²) in [5.41, 5.74) is 0.662. The van der Waals surface area contributed by atoms with E-state index in [1.54, 1.807) is 16.8 Å². The average Bonchev–Trinajstić information content (AvgIpc) is 2.31. The van der Waals surface area contributed by atoms with Gasteiger partial charge in [-0.3, -0.25) is 4.68 Å². The summed E-state index contributed by atoms with van der Waals surface area (Å²) >= 11 is 0. The largest absolute Gasteiger partial charge is 0.506 e. The van der Waals surface area contributed by atoms with Crippen LogP contribution in [0.4, 0.5) is 0 Å². The van der Waals surface area contributed by atoms with Crippen LogP contribution < -0.4 is 0 Å². The van der Waals surface area contributed by atoms with Gasteiger partial charge in [0.25, 0.3) is 0 Å². The van der Waals surface area contributed by atoms with Gasteiger partial charge in [-0.05, 0) is 6.07 Å². The lowest BCUT2D eigenvalue weighted by atomic mass is 10.2. The van der Waals surface area contributed by atoms with Gasteiger partial charge in [0, 0.05) is 18.6 Å². The quantitative estimate of drug-likeness (QED) is 0.611. The predicted molar refractivity (Wildman–Crippen MR) is 42.4 cm³/mol. The number of phenolic OH excluding ortho intramolecular Hbond substituents is 1. The van der Waals surface area contributed by atoms with Gasteiger partial charge in [-0.2, -0.15) is 5.10 Å². The molecule has 0 fully saturated rings. The minimum absolute atomic E-state index is 0.239. The number of fused-ring (bicyclic) bond motifs is 1. The molecule has 0 atom stereocenters. The number of benzene rings is 1. The Hall–Kier alpha value is -1.51. The summed E-state index contributed by atoms with van der Waals surface area (Å²) in [4.78, 5) is 0. The number of hydrogen-bond donors (Lipinski definition) is 1. The fourth-order valence-electron chi connectivity index (χ4n) is 1.15. The smallest absolute Gasteiger partial charge is 0.143 e. The van der Waals surface area contributed by atoms with Gasteiger partial charge in [0.15, 0.2) is 0 Å². The number of hydrogen-bond acceptors (Lipinski definition) is 2. The maximum atomic E-state index is 9.31. The lowest BCUT2D eigenvalue weighted by Gasteiger charge is -1.89. The fraction of sp³-hybridized carbons (Fsp3) is 0.125. The van der Waals surface area contributed by atoms with Crippen molar-refractivity contribution in [3.05, 3.63) is 24.4 Å². The second kappa shape index (κ2) is 1.99. The molecule has 0 spiro atoms. The van der Waals surface area contributed by atoms with Gasteiger partial charge in [0.05, 0.1) is 0 Å². The summed E-state index contributed by atoms with van der Waals surface area (Å²) in [6, 6.07) is 5.36. The van der Waals surface area contributed by atoms with Crippen LogP contribution in [0.3, 0.4) is 0 Å². The van der Waals surface area contributed by atoms with Crippen molar-refractivity contribution >= 4 is 10.9 Å². The number of nitrogens with zero attached hydrogens (tertiary/aromatic N) is 2. The van der Waals surface area contributed by atoms with Crippen LogP contribution >= 0.6 is 0 Å². The molecule has 1 N–H and O–H groups in total. The third-order valence-electron chi connectivity index (χ3n) is 1.63. The minimum Gasteiger partial charge on any atom is -0.506 e. The molecule has 0 radical (unpaired) electrons. The van der Waals surface area contributed by atoms with E-state index in [4.69, 9.17) is 0 Å². The monoisotopic (exact) mass is 148 g/mol. The summed E-state index contributed by atoms with van der Waals surface area (Å²) in [5, 5.41) is 14.4. The first-order chi connectivity index (χ1) is 5.27. The molecule has 3 heteroatoms. The molecule has 1 aromatic carbocycles. The second-order valence-corrected chi connectivity index (χ2v) is 2.52. The molecule has 0 amide bonds. The Morgan fingerprint density at radius 3 is 3.00 bits per heavy atom. The fourth-order valence-corrected chi connectivity index (χ4v) is 1.15. The van der Waals surface area contributed by atoms with Crippen LogP contribution in [0.5, 0.6) is 5.75 Å². The van der Waals surface area contributed by atoms with E-state index in [0.717, 1.165) is 5.39 Å². The highest BCUT2D eigenvalue weighted by atomic mass is 16.3. The maximum Gasteiger partial charge on any atom is 0.143 e. The zero-order valence-electron chi connectivity index (χ0n) is 6.15. The van der Waals surface area contributed by atoms with E-state index in [0.29, 0.717) is 5.52 Å². The van der Waals surface area contributed by atoms with Gasteiger partial charge < -0.3 is 5.11 Å². The summed E-state index contributed by atoms with van der Waals surface area (Å²) < 4.78 is 1.68. The molecule has 3 nitrogen and oxygen atoms in total. The Morgan fingerprint density at radius 2 is 2.27 bits per heavy atom. The molecule has 0 bridgehead atoms. The Labute approximate surface area is 63.9 Å². The van der Waals surface area contributed by atoms with Crippen molar-refractivity contribution in [2.24, 2.45) is 7.05 Å². The summed E-state index contributed by atoms with van der Waals surface area (Å²) in [6.07, 6.45) is 1.87. The Morgan fingerprint density at radius 1 is 1.45 bits per heavy atom. The van der Waals surface area contributed by atoms with Crippen LogP contribution in [-0.4, -0.2) is 14.9 Å². The molecule has 11 heavy (non-hydrogen) atoms. The molecule has 0 saturated carbocycles. The van der Waals surface area contributed by atoms with Gasteiger partial charge in [-0.1, -0.05) is 12.1 Å². The Bertz CT molecular complexity index is 392. The number of aromatic hydroxyl groups is 1. The maximum absolute atomic E-state index is 9.31. The van der Waals surface area contributed by atoms with Gasteiger partial charge in [0.1, 0.15) is 11.3 Å². The number of rotatable bonds is 0. The van der Waals surface area contributed by atoms with E-state index in [1.807, 2.05) is 19.3 Å². The standard InChI is InChI=1S/C8H8N2O/c1-10-5-6-3-2-4-7(11)8(6)9-10/h2-5,11H,1H3. The summed E-state index contributed by atoms with van der Waals surface area (Å²) in [6.45, 7) is 0. The van der Waals surface area contributed by atoms with E-state index in [1.165, 1.54) is 0 Å². The zero-order valence-corrected chi connectivity index (χ0v) is 6.15. The highest BCUT2D eigenvalue weighted by molar-refractivity contribution is 5.83. The third-order valence-corrected chi connectivity index (χ3v) is 1.63. The second-order valence-electron chi connectivity index (χ2n) is 2.52. The van der Waals surface area contributed by atoms with Crippen molar-refractivity contribution in [2.45, 2.75) is 0 Å². The van der Waals surface area contributed by atoms with E-state index >= 15 is 0 Å². The van der Waals surface area contributed by atoms with E-state index in [9.17, 15) is 5.11 Å². The predicted octanol–water partition coefficient (Wildman–Crippen LogP) is 1.28. The first kappa shape index (κ1) is 6.22. The van der Waals surface area contributed by atoms with Crippen molar-refractivity contribution in [3.8, 4) is 5.75 Å². The summed E-state index contributed by atoms with van der Waals surface area (Å²) in [5.74, 6) is 0.239. The van der Waals surface area contributed by atoms with Gasteiger partial charge in [0.2, 0.25) is 0 Å². The first-order valence-electron chi connectivity index (χ1n) is 3.39. The summed E-state index contributed by atoms with van der Waals surface area (Å²) in [7, 11) is 1.83. The van der Waals surface area contributed by atoms with Crippen molar-refractivity contribution < 1.29 is 5.11 Å². The molecule has 0 aliphatic heterocycles. The average molecular weight is 148 g/mol. The lowest BCUT2D eigenvalue weighted by molar-refractivity contribution is 0.479. The normalized spacial score (nSPS) is 10.6. The van der Waals surface area contributed by atoms with E-state index < -0.39 is 0 Å². The Balaban J connectivity index is 2.90. The molecule has 2 aromatic rings. The van der Waals surface area contributed by atoms with Crippen molar-refractivity contribution in [2.75, 3.05) is 0 Å². The number of aromatic nitrogens is 2. The first-order valence-corrected chi connectivity index (χ1v) is 3.39. The number of aryl methyl sites for hydroxylation is 1. The Kier molecular flexibility index (Phi) is 1.12. The van der Waals surface area contributed by atoms with Crippen LogP contribution in [0.15, 0.2) is 24.4 Å². The van der Waals surface area contributed by atoms with Crippen LogP contribution in [0, 0.1) is 0 Å². The van der Waals surface area contributed by atoms with Crippen LogP contribution in [-0.2, 0) is 7.05 Å². The van der Waals surface area contributed by atoms with Crippen LogP contribution in [0.25, 0.3) is 10.9 Å². The minimum atomic E-state index is 0.239. The molecule has 0 saturated heterocycles. The highest BCUT2D eigenvalue weighted by Gasteiger charge is 2.00. The zero-order chi connectivity index (χ0) is 7.84. The molecular formula is C8H8N2O. The van der Waals surface area contributed by atoms with Crippen LogP contribution in [0.1, 0.15) is 0 Å². The van der Waals surface area contributed by atoms with E-state index in [2.05, 4.69) is 5.10 Å². The molecule has 1 heterocycles. The SMILES string of the molecule is Cn1cc2cccc(O)c2n1. The van der Waals surface area contributed by atoms with Gasteiger partial charge >= 0.3 is 0 Å².